The number of fused-ring (bicyclic) bond motifs is 2. The first-order valence-corrected chi connectivity index (χ1v) is 8.80. The van der Waals surface area contributed by atoms with Crippen LogP contribution in [0.5, 0.6) is 0 Å². The van der Waals surface area contributed by atoms with Gasteiger partial charge in [0, 0.05) is 6.04 Å². The lowest BCUT2D eigenvalue weighted by Crippen LogP contribution is -2.48. The fourth-order valence-electron chi connectivity index (χ4n) is 5.78. The molecule has 0 aromatic heterocycles. The number of hydrogen-bond acceptors (Lipinski definition) is 2. The molecule has 0 aromatic rings. The van der Waals surface area contributed by atoms with E-state index in [1.54, 1.807) is 0 Å². The average molecular weight is 307 g/mol. The summed E-state index contributed by atoms with van der Waals surface area (Å²) in [6.07, 6.45) is 6.17. The van der Waals surface area contributed by atoms with Crippen LogP contribution < -0.4 is 5.32 Å². The Bertz CT molecular complexity index is 473. The molecule has 3 rings (SSSR count). The first-order chi connectivity index (χ1) is 10.3. The van der Waals surface area contributed by atoms with Gasteiger partial charge in [-0.25, -0.2) is 0 Å². The van der Waals surface area contributed by atoms with Crippen LogP contribution in [0.4, 0.5) is 0 Å². The minimum absolute atomic E-state index is 0.00880. The summed E-state index contributed by atoms with van der Waals surface area (Å²) >= 11 is 0. The quantitative estimate of drug-likeness (QED) is 0.842. The molecule has 2 N–H and O–H groups in total. The number of rotatable bonds is 3. The van der Waals surface area contributed by atoms with Crippen molar-refractivity contribution in [2.24, 2.45) is 35.0 Å². The minimum Gasteiger partial charge on any atom is -0.481 e. The fraction of sp³-hybridized carbons (Fsp3) is 0.889. The molecule has 4 heteroatoms. The van der Waals surface area contributed by atoms with E-state index in [9.17, 15) is 14.7 Å². The predicted octanol–water partition coefficient (Wildman–Crippen LogP) is 3.06. The third-order valence-electron chi connectivity index (χ3n) is 6.24. The second-order valence-electron chi connectivity index (χ2n) is 8.84. The maximum Gasteiger partial charge on any atom is 0.307 e. The van der Waals surface area contributed by atoms with Crippen molar-refractivity contribution >= 4 is 11.9 Å². The van der Waals surface area contributed by atoms with Gasteiger partial charge in [0.2, 0.25) is 5.91 Å². The lowest BCUT2D eigenvalue weighted by Gasteiger charge is -2.40. The molecule has 3 saturated carbocycles. The van der Waals surface area contributed by atoms with E-state index < -0.39 is 11.9 Å². The topological polar surface area (TPSA) is 66.4 Å². The average Bonchev–Trinajstić information content (AvgIpc) is 2.95. The fourth-order valence-corrected chi connectivity index (χ4v) is 5.78. The zero-order valence-electron chi connectivity index (χ0n) is 14.0. The lowest BCUT2D eigenvalue weighted by atomic mass is 9.70. The van der Waals surface area contributed by atoms with E-state index in [1.165, 1.54) is 6.42 Å². The summed E-state index contributed by atoms with van der Waals surface area (Å²) in [6.45, 7) is 6.77. The number of aliphatic carboxylic acids is 1. The summed E-state index contributed by atoms with van der Waals surface area (Å²) < 4.78 is 0. The van der Waals surface area contributed by atoms with E-state index in [2.05, 4.69) is 26.1 Å². The number of hydrogen-bond donors (Lipinski definition) is 2. The Hall–Kier alpha value is -1.06. The van der Waals surface area contributed by atoms with Crippen molar-refractivity contribution in [3.63, 3.8) is 0 Å². The van der Waals surface area contributed by atoms with E-state index in [-0.39, 0.29) is 29.2 Å². The normalized spacial score (nSPS) is 43.0. The van der Waals surface area contributed by atoms with Crippen LogP contribution in [0.1, 0.15) is 59.3 Å². The molecular formula is C18H29NO3. The molecule has 22 heavy (non-hydrogen) atoms. The van der Waals surface area contributed by atoms with Crippen molar-refractivity contribution in [3.8, 4) is 0 Å². The third kappa shape index (κ3) is 2.89. The summed E-state index contributed by atoms with van der Waals surface area (Å²) in [5.41, 5.74) is 0.260. The molecule has 4 nitrogen and oxygen atoms in total. The van der Waals surface area contributed by atoms with Gasteiger partial charge in [0.25, 0.3) is 0 Å². The van der Waals surface area contributed by atoms with E-state index in [0.717, 1.165) is 32.1 Å². The molecule has 0 radical (unpaired) electrons. The second kappa shape index (κ2) is 5.54. The standard InChI is InChI=1S/C18H29NO3/c1-10-6-13(9-18(2,3)8-10)19-16(20)14-11-4-5-12(7-11)15(14)17(21)22/h10-15H,4-9H2,1-3H3,(H,19,20)(H,21,22)/t10-,11-,12-,13-,14+,15-/m0/s1. The van der Waals surface area contributed by atoms with Gasteiger partial charge in [-0.2, -0.15) is 0 Å². The first kappa shape index (κ1) is 15.8. The highest BCUT2D eigenvalue weighted by Gasteiger charge is 2.54. The SMILES string of the molecule is C[C@H]1C[C@H](NC(=O)[C@@H]2[C@H]3CC[C@@H](C3)[C@@H]2C(=O)O)CC(C)(C)C1. The van der Waals surface area contributed by atoms with Crippen molar-refractivity contribution in [1.82, 2.24) is 5.32 Å². The summed E-state index contributed by atoms with van der Waals surface area (Å²) in [5, 5.41) is 12.7. The van der Waals surface area contributed by atoms with Crippen LogP contribution in [0.2, 0.25) is 0 Å². The van der Waals surface area contributed by atoms with Crippen molar-refractivity contribution in [3.05, 3.63) is 0 Å². The summed E-state index contributed by atoms with van der Waals surface area (Å²) in [5.74, 6) is -0.381. The molecule has 0 spiro atoms. The number of carbonyl (C=O) groups excluding carboxylic acids is 1. The zero-order chi connectivity index (χ0) is 16.1. The van der Waals surface area contributed by atoms with Crippen LogP contribution in [-0.4, -0.2) is 23.0 Å². The predicted molar refractivity (Wildman–Crippen MR) is 84.2 cm³/mol. The van der Waals surface area contributed by atoms with Gasteiger partial charge in [-0.15, -0.1) is 0 Å². The van der Waals surface area contributed by atoms with Crippen molar-refractivity contribution in [2.45, 2.75) is 65.3 Å². The van der Waals surface area contributed by atoms with Gasteiger partial charge in [0.1, 0.15) is 0 Å². The molecule has 0 saturated heterocycles. The molecule has 0 heterocycles. The third-order valence-corrected chi connectivity index (χ3v) is 6.24. The molecule has 0 aliphatic heterocycles. The molecule has 6 atom stereocenters. The Morgan fingerprint density at radius 1 is 1.05 bits per heavy atom. The number of amides is 1. The lowest BCUT2D eigenvalue weighted by molar-refractivity contribution is -0.149. The smallest absolute Gasteiger partial charge is 0.307 e. The Morgan fingerprint density at radius 2 is 1.68 bits per heavy atom. The second-order valence-corrected chi connectivity index (χ2v) is 8.84. The van der Waals surface area contributed by atoms with Gasteiger partial charge < -0.3 is 10.4 Å². The molecule has 3 aliphatic rings. The Morgan fingerprint density at radius 3 is 2.27 bits per heavy atom. The molecule has 1 amide bonds. The highest BCUT2D eigenvalue weighted by molar-refractivity contribution is 5.86. The summed E-state index contributed by atoms with van der Waals surface area (Å²) in [4.78, 5) is 24.3. The van der Waals surface area contributed by atoms with Gasteiger partial charge in [0.05, 0.1) is 11.8 Å². The summed E-state index contributed by atoms with van der Waals surface area (Å²) in [7, 11) is 0. The molecule has 0 unspecified atom stereocenters. The van der Waals surface area contributed by atoms with E-state index >= 15 is 0 Å². The Kier molecular flexibility index (Phi) is 3.98. The maximum atomic E-state index is 12.8. The molecule has 3 fully saturated rings. The maximum absolute atomic E-state index is 12.8. The minimum atomic E-state index is -0.773. The van der Waals surface area contributed by atoms with Gasteiger partial charge in [0.15, 0.2) is 0 Å². The van der Waals surface area contributed by atoms with Crippen LogP contribution in [0.3, 0.4) is 0 Å². The van der Waals surface area contributed by atoms with Crippen molar-refractivity contribution in [1.29, 1.82) is 0 Å². The van der Waals surface area contributed by atoms with Crippen LogP contribution >= 0.6 is 0 Å². The zero-order valence-corrected chi connectivity index (χ0v) is 14.0. The molecule has 124 valence electrons. The molecule has 0 aromatic carbocycles. The highest BCUT2D eigenvalue weighted by atomic mass is 16.4. The van der Waals surface area contributed by atoms with Gasteiger partial charge in [-0.1, -0.05) is 20.8 Å². The number of nitrogens with one attached hydrogen (secondary N) is 1. The molecule has 2 bridgehead atoms. The summed E-state index contributed by atoms with van der Waals surface area (Å²) in [6, 6.07) is 0.208. The number of carbonyl (C=O) groups is 2. The largest absolute Gasteiger partial charge is 0.481 e. The monoisotopic (exact) mass is 307 g/mol. The van der Waals surface area contributed by atoms with Crippen molar-refractivity contribution in [2.75, 3.05) is 0 Å². The van der Waals surface area contributed by atoms with Crippen LogP contribution in [0.25, 0.3) is 0 Å². The van der Waals surface area contributed by atoms with E-state index in [0.29, 0.717) is 11.8 Å². The van der Waals surface area contributed by atoms with Crippen LogP contribution in [-0.2, 0) is 9.59 Å². The van der Waals surface area contributed by atoms with E-state index in [1.807, 2.05) is 0 Å². The number of carboxylic acids is 1. The van der Waals surface area contributed by atoms with Crippen molar-refractivity contribution < 1.29 is 14.7 Å². The van der Waals surface area contributed by atoms with Crippen LogP contribution in [0.15, 0.2) is 0 Å². The van der Waals surface area contributed by atoms with Crippen LogP contribution in [0, 0.1) is 35.0 Å². The molecule has 3 aliphatic carbocycles. The Labute approximate surface area is 133 Å². The highest BCUT2D eigenvalue weighted by Crippen LogP contribution is 2.52. The van der Waals surface area contributed by atoms with E-state index in [4.69, 9.17) is 0 Å². The van der Waals surface area contributed by atoms with Gasteiger partial charge in [-0.05, 0) is 61.7 Å². The Balaban J connectivity index is 1.68. The number of carboxylic acid groups (broad SMARTS) is 1. The first-order valence-electron chi connectivity index (χ1n) is 8.80. The van der Waals surface area contributed by atoms with Gasteiger partial charge >= 0.3 is 5.97 Å². The molecular weight excluding hydrogens is 278 g/mol. The van der Waals surface area contributed by atoms with Gasteiger partial charge in [-0.3, -0.25) is 9.59 Å².